The predicted molar refractivity (Wildman–Crippen MR) is 158 cm³/mol. The monoisotopic (exact) mass is 585 g/mol. The number of nitrogens with one attached hydrogen (secondary N) is 1. The second kappa shape index (κ2) is 12.1. The number of rotatable bonds is 7. The zero-order chi connectivity index (χ0) is 28.9. The molecule has 41 heavy (non-hydrogen) atoms. The Morgan fingerprint density at radius 3 is 1.93 bits per heavy atom. The highest BCUT2D eigenvalue weighted by atomic mass is 35.5. The van der Waals surface area contributed by atoms with Crippen molar-refractivity contribution >= 4 is 70.1 Å². The largest absolute Gasteiger partial charge is 0.484 e. The van der Waals surface area contributed by atoms with E-state index in [4.69, 9.17) is 27.9 Å². The summed E-state index contributed by atoms with van der Waals surface area (Å²) >= 11 is 11.9. The Kier molecular flexibility index (Phi) is 8.14. The van der Waals surface area contributed by atoms with E-state index >= 15 is 0 Å². The average Bonchev–Trinajstić information content (AvgIpc) is 2.98. The number of amides is 5. The lowest BCUT2D eigenvalue weighted by Gasteiger charge is -2.33. The zero-order valence-electron chi connectivity index (χ0n) is 21.3. The van der Waals surface area contributed by atoms with E-state index in [0.29, 0.717) is 38.4 Å². The van der Waals surface area contributed by atoms with Crippen molar-refractivity contribution < 1.29 is 23.9 Å². The van der Waals surface area contributed by atoms with Gasteiger partial charge in [-0.05, 0) is 66.2 Å². The summed E-state index contributed by atoms with van der Waals surface area (Å²) < 4.78 is 5.63. The molecule has 0 unspecified atom stereocenters. The lowest BCUT2D eigenvalue weighted by molar-refractivity contribution is -0.121. The Morgan fingerprint density at radius 2 is 1.34 bits per heavy atom. The van der Waals surface area contributed by atoms with Crippen molar-refractivity contribution in [3.05, 3.63) is 124 Å². The zero-order valence-corrected chi connectivity index (χ0v) is 22.8. The molecule has 0 saturated carbocycles. The third-order valence-corrected chi connectivity index (χ3v) is 6.76. The highest BCUT2D eigenvalue weighted by molar-refractivity contribution is 6.46. The summed E-state index contributed by atoms with van der Waals surface area (Å²) in [7, 11) is 0. The Hall–Kier alpha value is -4.92. The third kappa shape index (κ3) is 6.14. The van der Waals surface area contributed by atoms with Crippen LogP contribution in [0.25, 0.3) is 6.08 Å². The van der Waals surface area contributed by atoms with E-state index in [2.05, 4.69) is 5.32 Å². The summed E-state index contributed by atoms with van der Waals surface area (Å²) in [5, 5.41) is 3.33. The molecule has 1 saturated heterocycles. The normalized spacial score (nSPS) is 13.3. The van der Waals surface area contributed by atoms with Gasteiger partial charge in [-0.1, -0.05) is 71.7 Å². The lowest BCUT2D eigenvalue weighted by Crippen LogP contribution is -2.57. The molecule has 1 aliphatic heterocycles. The van der Waals surface area contributed by atoms with Crippen LogP contribution in [0.4, 0.5) is 21.9 Å². The maximum absolute atomic E-state index is 13.5. The van der Waals surface area contributed by atoms with E-state index in [1.807, 2.05) is 0 Å². The van der Waals surface area contributed by atoms with E-state index in [1.54, 1.807) is 97.1 Å². The van der Waals surface area contributed by atoms with Gasteiger partial charge in [-0.3, -0.25) is 14.4 Å². The number of hydrogen-bond acceptors (Lipinski definition) is 5. The number of hydrogen-bond donors (Lipinski definition) is 1. The number of barbiturate groups is 1. The van der Waals surface area contributed by atoms with Crippen LogP contribution in [0.15, 0.2) is 109 Å². The first-order valence-corrected chi connectivity index (χ1v) is 13.1. The van der Waals surface area contributed by atoms with Gasteiger partial charge in [0.2, 0.25) is 0 Å². The van der Waals surface area contributed by atoms with Gasteiger partial charge in [0.25, 0.3) is 17.7 Å². The van der Waals surface area contributed by atoms with Crippen molar-refractivity contribution in [1.82, 2.24) is 0 Å². The molecule has 0 spiro atoms. The van der Waals surface area contributed by atoms with Gasteiger partial charge in [-0.2, -0.15) is 0 Å². The van der Waals surface area contributed by atoms with Crippen LogP contribution < -0.4 is 19.9 Å². The van der Waals surface area contributed by atoms with Crippen LogP contribution in [0.2, 0.25) is 10.0 Å². The molecule has 0 bridgehead atoms. The Morgan fingerprint density at radius 1 is 0.732 bits per heavy atom. The summed E-state index contributed by atoms with van der Waals surface area (Å²) in [4.78, 5) is 54.8. The summed E-state index contributed by atoms with van der Waals surface area (Å²) in [6.45, 7) is -0.309. The Labute approximate surface area is 245 Å². The van der Waals surface area contributed by atoms with Crippen molar-refractivity contribution in [2.75, 3.05) is 21.7 Å². The number of halogens is 2. The van der Waals surface area contributed by atoms with Crippen molar-refractivity contribution in [3.63, 3.8) is 0 Å². The predicted octanol–water partition coefficient (Wildman–Crippen LogP) is 6.59. The van der Waals surface area contributed by atoms with Crippen LogP contribution in [-0.4, -0.2) is 30.4 Å². The molecule has 1 aliphatic rings. The molecule has 5 amide bonds. The van der Waals surface area contributed by atoms with E-state index in [9.17, 15) is 19.2 Å². The van der Waals surface area contributed by atoms with Crippen molar-refractivity contribution in [2.24, 2.45) is 0 Å². The fraction of sp³-hybridized carbons (Fsp3) is 0.0323. The standard InChI is InChI=1S/C31H21Cl2N3O5/c32-26-15-14-21(18-27(26)33)34-28(37)19-41-24-13-7-8-20(16-24)17-25-29(38)35(22-9-3-1-4-10-22)31(40)36(30(25)39)23-11-5-2-6-12-23/h1-18H,19H2,(H,34,37). The molecule has 0 radical (unpaired) electrons. The van der Waals surface area contributed by atoms with Gasteiger partial charge in [-0.15, -0.1) is 0 Å². The fourth-order valence-corrected chi connectivity index (χ4v) is 4.42. The van der Waals surface area contributed by atoms with Crippen molar-refractivity contribution in [1.29, 1.82) is 0 Å². The van der Waals surface area contributed by atoms with Crippen LogP contribution in [0.5, 0.6) is 5.75 Å². The van der Waals surface area contributed by atoms with Crippen LogP contribution >= 0.6 is 23.2 Å². The quantitative estimate of drug-likeness (QED) is 0.195. The summed E-state index contributed by atoms with van der Waals surface area (Å²) in [5.74, 6) is -1.62. The van der Waals surface area contributed by atoms with E-state index in [1.165, 1.54) is 12.1 Å². The molecular weight excluding hydrogens is 565 g/mol. The molecular formula is C31H21Cl2N3O5. The van der Waals surface area contributed by atoms with Crippen molar-refractivity contribution in [3.8, 4) is 5.75 Å². The van der Waals surface area contributed by atoms with Crippen LogP contribution in [0, 0.1) is 0 Å². The smallest absolute Gasteiger partial charge is 0.343 e. The molecule has 0 aliphatic carbocycles. The van der Waals surface area contributed by atoms with Crippen LogP contribution in [0.3, 0.4) is 0 Å². The van der Waals surface area contributed by atoms with Gasteiger partial charge in [0.15, 0.2) is 6.61 Å². The molecule has 0 aromatic heterocycles. The minimum Gasteiger partial charge on any atom is -0.484 e. The van der Waals surface area contributed by atoms with E-state index < -0.39 is 23.8 Å². The third-order valence-electron chi connectivity index (χ3n) is 6.02. The average molecular weight is 586 g/mol. The number of ether oxygens (including phenoxy) is 1. The van der Waals surface area contributed by atoms with Crippen LogP contribution in [0.1, 0.15) is 5.56 Å². The molecule has 4 aromatic rings. The highest BCUT2D eigenvalue weighted by Gasteiger charge is 2.43. The van der Waals surface area contributed by atoms with Gasteiger partial charge < -0.3 is 10.1 Å². The molecule has 1 heterocycles. The molecule has 8 nitrogen and oxygen atoms in total. The molecule has 5 rings (SSSR count). The van der Waals surface area contributed by atoms with Gasteiger partial charge in [0.05, 0.1) is 21.4 Å². The topological polar surface area (TPSA) is 96.0 Å². The van der Waals surface area contributed by atoms with E-state index in [-0.39, 0.29) is 12.2 Å². The molecule has 204 valence electrons. The molecule has 4 aromatic carbocycles. The SMILES string of the molecule is O=C(COc1cccc(C=C2C(=O)N(c3ccccc3)C(=O)N(c3ccccc3)C2=O)c1)Nc1ccc(Cl)c(Cl)c1. The minimum absolute atomic E-state index is 0.216. The first-order chi connectivity index (χ1) is 19.8. The molecule has 1 fully saturated rings. The number of carbonyl (C=O) groups excluding carboxylic acids is 4. The number of anilines is 3. The number of urea groups is 1. The Bertz CT molecular complexity index is 1610. The van der Waals surface area contributed by atoms with Crippen molar-refractivity contribution in [2.45, 2.75) is 0 Å². The highest BCUT2D eigenvalue weighted by Crippen LogP contribution is 2.30. The van der Waals surface area contributed by atoms with Gasteiger partial charge in [-0.25, -0.2) is 14.6 Å². The first-order valence-electron chi connectivity index (χ1n) is 12.3. The lowest BCUT2D eigenvalue weighted by atomic mass is 10.0. The van der Waals surface area contributed by atoms with Gasteiger partial charge in [0.1, 0.15) is 11.3 Å². The second-order valence-electron chi connectivity index (χ2n) is 8.83. The number of benzene rings is 4. The molecule has 1 N–H and O–H groups in total. The molecule has 10 heteroatoms. The summed E-state index contributed by atoms with van der Waals surface area (Å²) in [6, 6.07) is 27.2. The number of carbonyl (C=O) groups is 4. The van der Waals surface area contributed by atoms with Crippen LogP contribution in [-0.2, 0) is 14.4 Å². The minimum atomic E-state index is -0.778. The number of para-hydroxylation sites is 2. The summed E-state index contributed by atoms with van der Waals surface area (Å²) in [5.41, 5.74) is 1.35. The number of nitrogens with zero attached hydrogens (tertiary/aromatic N) is 2. The number of imide groups is 2. The van der Waals surface area contributed by atoms with Gasteiger partial charge in [0, 0.05) is 5.69 Å². The van der Waals surface area contributed by atoms with Gasteiger partial charge >= 0.3 is 6.03 Å². The second-order valence-corrected chi connectivity index (χ2v) is 9.65. The Balaban J connectivity index is 1.40. The maximum Gasteiger partial charge on any atom is 0.343 e. The fourth-order valence-electron chi connectivity index (χ4n) is 4.12. The summed E-state index contributed by atoms with van der Waals surface area (Å²) in [6.07, 6.45) is 1.39. The first kappa shape index (κ1) is 27.6. The maximum atomic E-state index is 13.5. The molecule has 0 atom stereocenters. The van der Waals surface area contributed by atoms with E-state index in [0.717, 1.165) is 9.80 Å².